The molecule has 0 radical (unpaired) electrons. The molecule has 110 valence electrons. The van der Waals surface area contributed by atoms with Crippen LogP contribution in [0.4, 0.5) is 19.0 Å². The van der Waals surface area contributed by atoms with Crippen LogP contribution in [0.5, 0.6) is 0 Å². The first-order chi connectivity index (χ1) is 9.77. The van der Waals surface area contributed by atoms with E-state index in [1.807, 2.05) is 0 Å². The minimum absolute atomic E-state index is 0.119. The van der Waals surface area contributed by atoms with Gasteiger partial charge < -0.3 is 5.32 Å². The van der Waals surface area contributed by atoms with Crippen molar-refractivity contribution in [2.75, 3.05) is 5.32 Å². The maximum atomic E-state index is 12.7. The Bertz CT molecular complexity index is 689. The minimum atomic E-state index is -4.51. The average Bonchev–Trinajstić information content (AvgIpc) is 2.37. The highest BCUT2D eigenvalue weighted by molar-refractivity contribution is 9.10. The monoisotopic (exact) mass is 422 g/mol. The Morgan fingerprint density at radius 1 is 1.14 bits per heavy atom. The van der Waals surface area contributed by atoms with Crippen molar-refractivity contribution in [2.45, 2.75) is 6.18 Å². The molecule has 0 aliphatic carbocycles. The van der Waals surface area contributed by atoms with Crippen molar-refractivity contribution in [3.63, 3.8) is 0 Å². The second-order valence-corrected chi connectivity index (χ2v) is 5.66. The second kappa shape index (κ2) is 6.15. The molecule has 0 aliphatic rings. The predicted molar refractivity (Wildman–Crippen MR) is 79.0 cm³/mol. The molecule has 0 saturated carbocycles. The maximum Gasteiger partial charge on any atom is 0.416 e. The number of rotatable bonds is 2. The summed E-state index contributed by atoms with van der Waals surface area (Å²) in [5, 5.41) is 2.44. The van der Waals surface area contributed by atoms with Crippen molar-refractivity contribution in [1.82, 2.24) is 4.98 Å². The van der Waals surface area contributed by atoms with E-state index in [9.17, 15) is 18.0 Å². The summed E-state index contributed by atoms with van der Waals surface area (Å²) in [4.78, 5) is 16.0. The number of benzene rings is 1. The molecule has 1 amide bonds. The van der Waals surface area contributed by atoms with Gasteiger partial charge in [-0.05, 0) is 62.2 Å². The lowest BCUT2D eigenvalue weighted by Crippen LogP contribution is -2.15. The van der Waals surface area contributed by atoms with Crippen LogP contribution in [0.1, 0.15) is 15.9 Å². The van der Waals surface area contributed by atoms with Crippen molar-refractivity contribution in [3.8, 4) is 0 Å². The highest BCUT2D eigenvalue weighted by Crippen LogP contribution is 2.32. The lowest BCUT2D eigenvalue weighted by Gasteiger charge is -2.11. The zero-order chi connectivity index (χ0) is 15.6. The van der Waals surface area contributed by atoms with E-state index < -0.39 is 17.6 Å². The first kappa shape index (κ1) is 16.0. The third-order valence-corrected chi connectivity index (χ3v) is 3.63. The lowest BCUT2D eigenvalue weighted by molar-refractivity contribution is -0.137. The van der Waals surface area contributed by atoms with Gasteiger partial charge in [0.05, 0.1) is 11.1 Å². The molecule has 0 unspecified atom stereocenters. The van der Waals surface area contributed by atoms with Crippen LogP contribution in [0.25, 0.3) is 0 Å². The summed E-state index contributed by atoms with van der Waals surface area (Å²) < 4.78 is 38.8. The number of hydrogen-bond acceptors (Lipinski definition) is 2. The number of halogens is 5. The Morgan fingerprint density at radius 2 is 1.86 bits per heavy atom. The molecule has 0 atom stereocenters. The van der Waals surface area contributed by atoms with Gasteiger partial charge in [0.25, 0.3) is 5.91 Å². The van der Waals surface area contributed by atoms with Gasteiger partial charge in [0.1, 0.15) is 10.4 Å². The SMILES string of the molecule is O=C(Nc1cccc(Br)n1)c1cc(C(F)(F)F)ccc1Br. The van der Waals surface area contributed by atoms with E-state index >= 15 is 0 Å². The highest BCUT2D eigenvalue weighted by atomic mass is 79.9. The van der Waals surface area contributed by atoms with Crippen LogP contribution >= 0.6 is 31.9 Å². The van der Waals surface area contributed by atoms with E-state index in [1.165, 1.54) is 12.1 Å². The molecule has 1 heterocycles. The van der Waals surface area contributed by atoms with E-state index in [0.717, 1.165) is 12.1 Å². The standard InChI is InChI=1S/C13H7Br2F3N2O/c14-9-5-4-7(13(16,17)18)6-8(9)12(21)20-11-3-1-2-10(15)19-11/h1-6H,(H,19,20,21). The largest absolute Gasteiger partial charge is 0.416 e. The Balaban J connectivity index is 2.31. The van der Waals surface area contributed by atoms with E-state index in [0.29, 0.717) is 4.60 Å². The molecule has 0 saturated heterocycles. The van der Waals surface area contributed by atoms with Gasteiger partial charge in [-0.3, -0.25) is 4.79 Å². The van der Waals surface area contributed by atoms with E-state index in [2.05, 4.69) is 42.2 Å². The molecule has 0 aliphatic heterocycles. The van der Waals surface area contributed by atoms with Crippen LogP contribution in [0.2, 0.25) is 0 Å². The van der Waals surface area contributed by atoms with E-state index in [1.54, 1.807) is 12.1 Å². The Morgan fingerprint density at radius 3 is 2.48 bits per heavy atom. The van der Waals surface area contributed by atoms with Crippen LogP contribution in [0, 0.1) is 0 Å². The number of nitrogens with zero attached hydrogens (tertiary/aromatic N) is 1. The van der Waals surface area contributed by atoms with Gasteiger partial charge in [-0.25, -0.2) is 4.98 Å². The summed E-state index contributed by atoms with van der Waals surface area (Å²) in [5.74, 6) is -0.447. The molecular weight excluding hydrogens is 417 g/mol. The number of amides is 1. The van der Waals surface area contributed by atoms with Crippen LogP contribution in [-0.4, -0.2) is 10.9 Å². The summed E-state index contributed by atoms with van der Waals surface area (Å²) in [6.07, 6.45) is -4.51. The van der Waals surface area contributed by atoms with Crippen molar-refractivity contribution < 1.29 is 18.0 Å². The number of carbonyl (C=O) groups excluding carboxylic acids is 1. The quantitative estimate of drug-likeness (QED) is 0.699. The van der Waals surface area contributed by atoms with Crippen molar-refractivity contribution >= 4 is 43.6 Å². The Hall–Kier alpha value is -1.41. The van der Waals surface area contributed by atoms with Crippen LogP contribution in [-0.2, 0) is 6.18 Å². The molecule has 21 heavy (non-hydrogen) atoms. The Labute approximate surface area is 134 Å². The molecule has 1 N–H and O–H groups in total. The van der Waals surface area contributed by atoms with Gasteiger partial charge >= 0.3 is 6.18 Å². The predicted octanol–water partition coefficient (Wildman–Crippen LogP) is 4.88. The average molecular weight is 424 g/mol. The fourth-order valence-electron chi connectivity index (χ4n) is 1.54. The van der Waals surface area contributed by atoms with Crippen molar-refractivity contribution in [3.05, 3.63) is 56.6 Å². The molecule has 0 bridgehead atoms. The van der Waals surface area contributed by atoms with E-state index in [-0.39, 0.29) is 15.9 Å². The molecular formula is C13H7Br2F3N2O. The highest BCUT2D eigenvalue weighted by Gasteiger charge is 2.31. The third-order valence-electron chi connectivity index (χ3n) is 2.50. The molecule has 0 fully saturated rings. The lowest BCUT2D eigenvalue weighted by atomic mass is 10.1. The fraction of sp³-hybridized carbons (Fsp3) is 0.0769. The van der Waals surface area contributed by atoms with Gasteiger partial charge in [-0.2, -0.15) is 13.2 Å². The van der Waals surface area contributed by atoms with Gasteiger partial charge in [0, 0.05) is 4.47 Å². The number of pyridine rings is 1. The number of hydrogen-bond donors (Lipinski definition) is 1. The first-order valence-corrected chi connectivity index (χ1v) is 7.16. The summed E-state index contributed by atoms with van der Waals surface area (Å²) >= 11 is 6.21. The van der Waals surface area contributed by atoms with Crippen molar-refractivity contribution in [1.29, 1.82) is 0 Å². The summed E-state index contributed by atoms with van der Waals surface area (Å²) in [7, 11) is 0. The number of nitrogens with one attached hydrogen (secondary N) is 1. The maximum absolute atomic E-state index is 12.7. The molecule has 2 rings (SSSR count). The smallest absolute Gasteiger partial charge is 0.306 e. The summed E-state index contributed by atoms with van der Waals surface area (Å²) in [5.41, 5.74) is -1.01. The topological polar surface area (TPSA) is 42.0 Å². The number of carbonyl (C=O) groups is 1. The summed E-state index contributed by atoms with van der Waals surface area (Å²) in [6.45, 7) is 0. The normalized spacial score (nSPS) is 11.3. The molecule has 1 aromatic carbocycles. The van der Waals surface area contributed by atoms with Crippen LogP contribution in [0.15, 0.2) is 45.5 Å². The second-order valence-electron chi connectivity index (χ2n) is 3.99. The molecule has 0 spiro atoms. The summed E-state index contributed by atoms with van der Waals surface area (Å²) in [6, 6.07) is 7.72. The molecule has 2 aromatic rings. The van der Waals surface area contributed by atoms with Gasteiger partial charge in [0.2, 0.25) is 0 Å². The van der Waals surface area contributed by atoms with Gasteiger partial charge in [0.15, 0.2) is 0 Å². The molecule has 3 nitrogen and oxygen atoms in total. The van der Waals surface area contributed by atoms with Gasteiger partial charge in [-0.15, -0.1) is 0 Å². The molecule has 1 aromatic heterocycles. The first-order valence-electron chi connectivity index (χ1n) is 5.58. The zero-order valence-electron chi connectivity index (χ0n) is 10.2. The Kier molecular flexibility index (Phi) is 4.67. The van der Waals surface area contributed by atoms with Crippen LogP contribution < -0.4 is 5.32 Å². The molecule has 8 heteroatoms. The van der Waals surface area contributed by atoms with E-state index in [4.69, 9.17) is 0 Å². The van der Waals surface area contributed by atoms with Gasteiger partial charge in [-0.1, -0.05) is 6.07 Å². The fourth-order valence-corrected chi connectivity index (χ4v) is 2.31. The van der Waals surface area contributed by atoms with Crippen molar-refractivity contribution in [2.24, 2.45) is 0 Å². The minimum Gasteiger partial charge on any atom is -0.306 e. The third kappa shape index (κ3) is 4.04. The van der Waals surface area contributed by atoms with Crippen LogP contribution in [0.3, 0.4) is 0 Å². The number of alkyl halides is 3. The number of aromatic nitrogens is 1. The number of anilines is 1. The zero-order valence-corrected chi connectivity index (χ0v) is 13.4.